The second-order valence-corrected chi connectivity index (χ2v) is 3.63. The maximum Gasteiger partial charge on any atom is 0.308 e. The predicted octanol–water partition coefficient (Wildman–Crippen LogP) is 0.500. The molecule has 0 spiro atoms. The molecule has 0 aromatic rings. The van der Waals surface area contributed by atoms with E-state index in [2.05, 4.69) is 10.6 Å². The molecular weight excluding hydrogens is 200 g/mol. The molecule has 3 N–H and O–H groups in total. The molecule has 2 atom stereocenters. The Morgan fingerprint density at radius 1 is 1.50 bits per heavy atom. The summed E-state index contributed by atoms with van der Waals surface area (Å²) in [5.74, 6) is -1.16. The van der Waals surface area contributed by atoms with E-state index in [1.165, 1.54) is 0 Å². The Bertz CT molecular complexity index is 266. The van der Waals surface area contributed by atoms with E-state index in [1.54, 1.807) is 7.05 Å². The molecule has 0 radical (unpaired) electrons. The molecule has 14 heavy (non-hydrogen) atoms. The lowest BCUT2D eigenvalue weighted by molar-refractivity contribution is -0.142. The monoisotopic (exact) mass is 214 g/mol. The standard InChI is InChI=1S/C9H14N2O2S/c1-10-9(14)11-7-5-3-2-4-6(7)8(12)13/h2-3,6-7H,4-5H2,1H3,(H,12,13)(H2,10,11,14)/t6-,7+/m0/s1. The van der Waals surface area contributed by atoms with Crippen molar-refractivity contribution in [2.45, 2.75) is 18.9 Å². The fourth-order valence-corrected chi connectivity index (χ4v) is 1.64. The van der Waals surface area contributed by atoms with Crippen LogP contribution in [0, 0.1) is 5.92 Å². The van der Waals surface area contributed by atoms with Crippen molar-refractivity contribution >= 4 is 23.3 Å². The first-order chi connectivity index (χ1) is 6.65. The van der Waals surface area contributed by atoms with Gasteiger partial charge in [-0.05, 0) is 25.1 Å². The van der Waals surface area contributed by atoms with Crippen LogP contribution in [0.25, 0.3) is 0 Å². The number of carboxylic acid groups (broad SMARTS) is 1. The molecule has 0 bridgehead atoms. The van der Waals surface area contributed by atoms with E-state index in [4.69, 9.17) is 17.3 Å². The third-order valence-corrected chi connectivity index (χ3v) is 2.62. The zero-order chi connectivity index (χ0) is 10.6. The fraction of sp³-hybridized carbons (Fsp3) is 0.556. The first kappa shape index (κ1) is 11.0. The van der Waals surface area contributed by atoms with Gasteiger partial charge in [-0.15, -0.1) is 0 Å². The largest absolute Gasteiger partial charge is 0.481 e. The molecule has 0 amide bonds. The molecule has 0 aromatic carbocycles. The predicted molar refractivity (Wildman–Crippen MR) is 58.1 cm³/mol. The van der Waals surface area contributed by atoms with Crippen LogP contribution in [0.2, 0.25) is 0 Å². The summed E-state index contributed by atoms with van der Waals surface area (Å²) in [7, 11) is 1.71. The summed E-state index contributed by atoms with van der Waals surface area (Å²) < 4.78 is 0. The van der Waals surface area contributed by atoms with Crippen LogP contribution in [-0.4, -0.2) is 29.3 Å². The van der Waals surface area contributed by atoms with Crippen LogP contribution in [0.15, 0.2) is 12.2 Å². The molecular formula is C9H14N2O2S. The summed E-state index contributed by atoms with van der Waals surface area (Å²) in [5, 5.41) is 15.2. The molecule has 0 heterocycles. The Balaban J connectivity index is 2.60. The molecule has 4 nitrogen and oxygen atoms in total. The SMILES string of the molecule is CNC(=S)N[C@@H]1CC=CC[C@@H]1C(=O)O. The van der Waals surface area contributed by atoms with E-state index in [1.807, 2.05) is 12.2 Å². The summed E-state index contributed by atoms with van der Waals surface area (Å²) in [4.78, 5) is 10.9. The lowest BCUT2D eigenvalue weighted by atomic mass is 9.89. The summed E-state index contributed by atoms with van der Waals surface area (Å²) in [5.41, 5.74) is 0. The van der Waals surface area contributed by atoms with Crippen molar-refractivity contribution in [1.82, 2.24) is 10.6 Å². The number of carbonyl (C=O) groups is 1. The van der Waals surface area contributed by atoms with Crippen molar-refractivity contribution in [3.8, 4) is 0 Å². The molecule has 5 heteroatoms. The van der Waals surface area contributed by atoms with Gasteiger partial charge in [0.15, 0.2) is 5.11 Å². The minimum atomic E-state index is -0.772. The number of aliphatic carboxylic acids is 1. The van der Waals surface area contributed by atoms with Crippen molar-refractivity contribution in [1.29, 1.82) is 0 Å². The van der Waals surface area contributed by atoms with Gasteiger partial charge in [-0.2, -0.15) is 0 Å². The van der Waals surface area contributed by atoms with Gasteiger partial charge < -0.3 is 15.7 Å². The van der Waals surface area contributed by atoms with Crippen molar-refractivity contribution in [2.24, 2.45) is 5.92 Å². The Morgan fingerprint density at radius 2 is 2.14 bits per heavy atom. The van der Waals surface area contributed by atoms with Gasteiger partial charge >= 0.3 is 5.97 Å². The molecule has 1 aliphatic rings. The quantitative estimate of drug-likeness (QED) is 0.461. The van der Waals surface area contributed by atoms with Crippen LogP contribution in [0.5, 0.6) is 0 Å². The van der Waals surface area contributed by atoms with Gasteiger partial charge in [0.1, 0.15) is 0 Å². The summed E-state index contributed by atoms with van der Waals surface area (Å²) in [6.07, 6.45) is 5.16. The maximum atomic E-state index is 10.9. The van der Waals surface area contributed by atoms with E-state index in [0.717, 1.165) is 0 Å². The lowest BCUT2D eigenvalue weighted by Gasteiger charge is -2.26. The molecule has 0 saturated carbocycles. The molecule has 0 unspecified atom stereocenters. The second kappa shape index (κ2) is 4.95. The van der Waals surface area contributed by atoms with Crippen LogP contribution in [0.1, 0.15) is 12.8 Å². The first-order valence-electron chi connectivity index (χ1n) is 4.51. The molecule has 0 aromatic heterocycles. The average Bonchev–Trinajstić information content (AvgIpc) is 2.18. The molecule has 78 valence electrons. The number of nitrogens with one attached hydrogen (secondary N) is 2. The average molecular weight is 214 g/mol. The van der Waals surface area contributed by atoms with Crippen molar-refractivity contribution in [2.75, 3.05) is 7.05 Å². The number of allylic oxidation sites excluding steroid dienone is 1. The van der Waals surface area contributed by atoms with Crippen molar-refractivity contribution in [3.05, 3.63) is 12.2 Å². The Kier molecular flexibility index (Phi) is 3.88. The topological polar surface area (TPSA) is 61.4 Å². The molecule has 0 saturated heterocycles. The highest BCUT2D eigenvalue weighted by atomic mass is 32.1. The molecule has 1 rings (SSSR count). The van der Waals surface area contributed by atoms with Gasteiger partial charge in [0.05, 0.1) is 5.92 Å². The van der Waals surface area contributed by atoms with Crippen LogP contribution < -0.4 is 10.6 Å². The Morgan fingerprint density at radius 3 is 2.71 bits per heavy atom. The van der Waals surface area contributed by atoms with E-state index in [-0.39, 0.29) is 12.0 Å². The van der Waals surface area contributed by atoms with Crippen LogP contribution >= 0.6 is 12.2 Å². The molecule has 0 fully saturated rings. The second-order valence-electron chi connectivity index (χ2n) is 3.22. The summed E-state index contributed by atoms with van der Waals surface area (Å²) >= 11 is 4.94. The minimum absolute atomic E-state index is 0.0996. The summed E-state index contributed by atoms with van der Waals surface area (Å²) in [6, 6.07) is -0.0996. The zero-order valence-electron chi connectivity index (χ0n) is 7.99. The van der Waals surface area contributed by atoms with E-state index in [0.29, 0.717) is 18.0 Å². The van der Waals surface area contributed by atoms with Gasteiger partial charge in [-0.25, -0.2) is 0 Å². The normalized spacial score (nSPS) is 25.5. The van der Waals surface area contributed by atoms with E-state index >= 15 is 0 Å². The van der Waals surface area contributed by atoms with Crippen molar-refractivity contribution in [3.63, 3.8) is 0 Å². The van der Waals surface area contributed by atoms with Gasteiger partial charge in [0.25, 0.3) is 0 Å². The highest BCUT2D eigenvalue weighted by Crippen LogP contribution is 2.19. The fourth-order valence-electron chi connectivity index (χ4n) is 1.49. The highest BCUT2D eigenvalue weighted by molar-refractivity contribution is 7.80. The molecule has 1 aliphatic carbocycles. The van der Waals surface area contributed by atoms with E-state index in [9.17, 15) is 4.79 Å². The Labute approximate surface area is 88.4 Å². The number of hydrogen-bond donors (Lipinski definition) is 3. The number of carboxylic acids is 1. The number of hydrogen-bond acceptors (Lipinski definition) is 2. The van der Waals surface area contributed by atoms with Crippen LogP contribution in [-0.2, 0) is 4.79 Å². The Hall–Kier alpha value is -1.10. The van der Waals surface area contributed by atoms with Gasteiger partial charge in [-0.1, -0.05) is 12.2 Å². The number of thiocarbonyl (C=S) groups is 1. The minimum Gasteiger partial charge on any atom is -0.481 e. The third-order valence-electron chi connectivity index (χ3n) is 2.29. The van der Waals surface area contributed by atoms with Crippen molar-refractivity contribution < 1.29 is 9.90 Å². The third kappa shape index (κ3) is 2.70. The maximum absolute atomic E-state index is 10.9. The molecule has 0 aliphatic heterocycles. The zero-order valence-corrected chi connectivity index (χ0v) is 8.80. The first-order valence-corrected chi connectivity index (χ1v) is 4.92. The van der Waals surface area contributed by atoms with Gasteiger partial charge in [0.2, 0.25) is 0 Å². The number of rotatable bonds is 2. The lowest BCUT2D eigenvalue weighted by Crippen LogP contribution is -2.47. The van der Waals surface area contributed by atoms with Gasteiger partial charge in [0, 0.05) is 13.1 Å². The van der Waals surface area contributed by atoms with Crippen LogP contribution in [0.4, 0.5) is 0 Å². The highest BCUT2D eigenvalue weighted by Gasteiger charge is 2.28. The smallest absolute Gasteiger partial charge is 0.308 e. The van der Waals surface area contributed by atoms with Crippen LogP contribution in [0.3, 0.4) is 0 Å². The summed E-state index contributed by atoms with van der Waals surface area (Å²) in [6.45, 7) is 0. The van der Waals surface area contributed by atoms with Gasteiger partial charge in [-0.3, -0.25) is 4.79 Å². The van der Waals surface area contributed by atoms with E-state index < -0.39 is 5.97 Å².